The first-order valence-corrected chi connectivity index (χ1v) is 12.1. The van der Waals surface area contributed by atoms with Crippen LogP contribution in [0.5, 0.6) is 0 Å². The molecule has 0 saturated heterocycles. The zero-order valence-corrected chi connectivity index (χ0v) is 20.8. The van der Waals surface area contributed by atoms with E-state index >= 15 is 0 Å². The van der Waals surface area contributed by atoms with E-state index in [0.29, 0.717) is 43.4 Å². The van der Waals surface area contributed by atoms with Gasteiger partial charge in [-0.3, -0.25) is 15.0 Å². The fourth-order valence-corrected chi connectivity index (χ4v) is 4.47. The predicted octanol–water partition coefficient (Wildman–Crippen LogP) is 7.16. The van der Waals surface area contributed by atoms with Crippen molar-refractivity contribution in [3.8, 4) is 0 Å². The molecule has 178 valence electrons. The molecule has 0 unspecified atom stereocenters. The molecule has 0 atom stereocenters. The van der Waals surface area contributed by atoms with Gasteiger partial charge >= 0.3 is 0 Å². The molecule has 10 heteroatoms. The molecule has 0 aliphatic carbocycles. The van der Waals surface area contributed by atoms with Crippen LogP contribution in [-0.4, -0.2) is 22.5 Å². The number of amides is 2. The minimum atomic E-state index is -0.321. The van der Waals surface area contributed by atoms with Crippen molar-refractivity contribution in [1.82, 2.24) is 4.98 Å². The lowest BCUT2D eigenvalue weighted by Gasteiger charge is -2.14. The number of anilines is 2. The Bertz CT molecular complexity index is 1490. The van der Waals surface area contributed by atoms with Gasteiger partial charge in [0, 0.05) is 5.02 Å². The van der Waals surface area contributed by atoms with Gasteiger partial charge in [-0.05, 0) is 67.9 Å². The van der Waals surface area contributed by atoms with Crippen LogP contribution in [0.4, 0.5) is 21.5 Å². The Hall–Kier alpha value is -4.21. The zero-order valence-electron chi connectivity index (χ0n) is 19.3. The third-order valence-corrected chi connectivity index (χ3v) is 6.71. The Balaban J connectivity index is 1.27. The number of aromatic nitrogens is 1. The fraction of sp³-hybridized carbons (Fsp3) is 0.0769. The molecule has 0 radical (unpaired) electrons. The summed E-state index contributed by atoms with van der Waals surface area (Å²) in [6, 6.07) is 21.0. The first kappa shape index (κ1) is 23.5. The molecule has 1 aliphatic heterocycles. The predicted molar refractivity (Wildman–Crippen MR) is 142 cm³/mol. The zero-order chi connectivity index (χ0) is 25.2. The normalized spacial score (nSPS) is 13.5. The molecule has 1 N–H and O–H groups in total. The molecular weight excluding hydrogens is 496 g/mol. The van der Waals surface area contributed by atoms with Gasteiger partial charge in [0.05, 0.1) is 33.9 Å². The van der Waals surface area contributed by atoms with Crippen LogP contribution in [0.25, 0.3) is 0 Å². The van der Waals surface area contributed by atoms with Crippen LogP contribution in [-0.2, 0) is 0 Å². The highest BCUT2D eigenvalue weighted by Crippen LogP contribution is 2.32. The number of nitrogens with one attached hydrogen (secondary N) is 1. The molecule has 5 rings (SSSR count). The van der Waals surface area contributed by atoms with Crippen molar-refractivity contribution >= 4 is 62.0 Å². The van der Waals surface area contributed by atoms with Gasteiger partial charge in [0.1, 0.15) is 0 Å². The molecule has 2 amide bonds. The maximum atomic E-state index is 12.7. The second kappa shape index (κ2) is 9.80. The number of halogens is 1. The molecule has 2 heterocycles. The summed E-state index contributed by atoms with van der Waals surface area (Å²) in [5.74, 6) is -0.642. The second-order valence-corrected chi connectivity index (χ2v) is 9.35. The lowest BCUT2D eigenvalue weighted by Crippen LogP contribution is -2.29. The number of carbonyl (C=O) groups is 2. The van der Waals surface area contributed by atoms with Crippen LogP contribution in [0.15, 0.2) is 88.1 Å². The Morgan fingerprint density at radius 1 is 0.917 bits per heavy atom. The van der Waals surface area contributed by atoms with E-state index in [-0.39, 0.29) is 11.8 Å². The number of hydrogen-bond acceptors (Lipinski definition) is 8. The first-order chi connectivity index (χ1) is 17.4. The summed E-state index contributed by atoms with van der Waals surface area (Å²) in [6.07, 6.45) is 0. The van der Waals surface area contributed by atoms with Gasteiger partial charge in [0.15, 0.2) is 5.00 Å². The summed E-state index contributed by atoms with van der Waals surface area (Å²) in [7, 11) is 0. The minimum Gasteiger partial charge on any atom is -0.268 e. The van der Waals surface area contributed by atoms with Crippen molar-refractivity contribution in [1.29, 1.82) is 0 Å². The summed E-state index contributed by atoms with van der Waals surface area (Å²) in [6.45, 7) is 3.71. The molecule has 0 saturated carbocycles. The number of thiazole rings is 1. The van der Waals surface area contributed by atoms with Gasteiger partial charge in [-0.2, -0.15) is 5.10 Å². The number of hydrogen-bond donors (Lipinski definition) is 1. The number of azo groups is 1. The van der Waals surface area contributed by atoms with Gasteiger partial charge in [-0.25, -0.2) is 9.88 Å². The highest BCUT2D eigenvalue weighted by molar-refractivity contribution is 7.19. The van der Waals surface area contributed by atoms with E-state index in [9.17, 15) is 9.59 Å². The number of hydrazone groups is 1. The van der Waals surface area contributed by atoms with Gasteiger partial charge in [0.25, 0.3) is 11.8 Å². The van der Waals surface area contributed by atoms with E-state index in [4.69, 9.17) is 11.6 Å². The van der Waals surface area contributed by atoms with Gasteiger partial charge in [-0.1, -0.05) is 47.2 Å². The number of nitrogens with zero attached hydrogens (tertiary/aromatic N) is 5. The fourth-order valence-electron chi connectivity index (χ4n) is 3.61. The van der Waals surface area contributed by atoms with E-state index in [1.807, 2.05) is 26.0 Å². The largest absolute Gasteiger partial charge is 0.268 e. The van der Waals surface area contributed by atoms with Crippen molar-refractivity contribution in [2.75, 3.05) is 10.3 Å². The highest BCUT2D eigenvalue weighted by atomic mass is 35.5. The third-order valence-electron chi connectivity index (χ3n) is 5.51. The maximum Gasteiger partial charge on any atom is 0.266 e. The van der Waals surface area contributed by atoms with Crippen LogP contribution < -0.4 is 10.3 Å². The van der Waals surface area contributed by atoms with Crippen molar-refractivity contribution in [3.63, 3.8) is 0 Å². The van der Waals surface area contributed by atoms with Gasteiger partial charge in [-0.15, -0.1) is 10.2 Å². The molecule has 1 aliphatic rings. The topological polar surface area (TPSA) is 99.4 Å². The van der Waals surface area contributed by atoms with Crippen molar-refractivity contribution in [2.24, 2.45) is 15.3 Å². The van der Waals surface area contributed by atoms with E-state index < -0.39 is 0 Å². The smallest absolute Gasteiger partial charge is 0.266 e. The second-order valence-electron chi connectivity index (χ2n) is 7.93. The van der Waals surface area contributed by atoms with Crippen molar-refractivity contribution < 1.29 is 9.59 Å². The standard InChI is InChI=1S/C26H19ClN6O2S/c1-15(29-32-26-28-16(2)23(36-26)31-30-19-11-9-18(27)10-12-19)17-7-13-20(14-8-17)33-24(34)21-5-3-4-6-22(21)25(33)35/h3-14H,1-2H3,(H,28,32). The van der Waals surface area contributed by atoms with E-state index in [2.05, 4.69) is 25.7 Å². The summed E-state index contributed by atoms with van der Waals surface area (Å²) in [4.78, 5) is 31.0. The molecule has 36 heavy (non-hydrogen) atoms. The van der Waals surface area contributed by atoms with Crippen LogP contribution in [0.3, 0.4) is 0 Å². The average Bonchev–Trinajstić information content (AvgIpc) is 3.38. The number of carbonyl (C=O) groups excluding carboxylic acids is 2. The number of fused-ring (bicyclic) bond motifs is 1. The Kier molecular flexibility index (Phi) is 6.41. The van der Waals surface area contributed by atoms with Gasteiger partial charge < -0.3 is 0 Å². The van der Waals surface area contributed by atoms with Crippen LogP contribution in [0, 0.1) is 6.92 Å². The van der Waals surface area contributed by atoms with Crippen LogP contribution in [0.2, 0.25) is 5.02 Å². The SMILES string of the molecule is CC(=NNc1nc(C)c(N=Nc2ccc(Cl)cc2)s1)c1ccc(N2C(=O)c3ccccc3C2=O)cc1. The molecule has 3 aromatic carbocycles. The molecule has 8 nitrogen and oxygen atoms in total. The summed E-state index contributed by atoms with van der Waals surface area (Å²) in [5, 5.41) is 14.8. The molecule has 0 spiro atoms. The average molecular weight is 515 g/mol. The summed E-state index contributed by atoms with van der Waals surface area (Å²) in [5.41, 5.74) is 7.28. The highest BCUT2D eigenvalue weighted by Gasteiger charge is 2.36. The maximum absolute atomic E-state index is 12.7. The number of imide groups is 1. The Labute approximate surface area is 216 Å². The van der Waals surface area contributed by atoms with Crippen molar-refractivity contribution in [3.05, 3.63) is 100 Å². The third kappa shape index (κ3) is 4.66. The Morgan fingerprint density at radius 3 is 2.19 bits per heavy atom. The Morgan fingerprint density at radius 2 is 1.56 bits per heavy atom. The molecular formula is C26H19ClN6O2S. The van der Waals surface area contributed by atoms with Crippen LogP contribution >= 0.6 is 22.9 Å². The quantitative estimate of drug-likeness (QED) is 0.128. The first-order valence-electron chi connectivity index (χ1n) is 10.9. The van der Waals surface area contributed by atoms with E-state index in [1.165, 1.54) is 16.2 Å². The van der Waals surface area contributed by atoms with Crippen LogP contribution in [0.1, 0.15) is 38.9 Å². The molecule has 4 aromatic rings. The van der Waals surface area contributed by atoms with Gasteiger partial charge in [0.2, 0.25) is 5.13 Å². The number of benzene rings is 3. The summed E-state index contributed by atoms with van der Waals surface area (Å²) < 4.78 is 0. The lowest BCUT2D eigenvalue weighted by molar-refractivity contribution is 0.0926. The number of aryl methyl sites for hydroxylation is 1. The number of rotatable bonds is 6. The molecule has 1 aromatic heterocycles. The summed E-state index contributed by atoms with van der Waals surface area (Å²) >= 11 is 7.23. The lowest BCUT2D eigenvalue weighted by atomic mass is 10.1. The van der Waals surface area contributed by atoms with E-state index in [0.717, 1.165) is 11.3 Å². The minimum absolute atomic E-state index is 0.321. The molecule has 0 fully saturated rings. The molecule has 0 bridgehead atoms. The van der Waals surface area contributed by atoms with E-state index in [1.54, 1.807) is 60.7 Å². The van der Waals surface area contributed by atoms with Crippen molar-refractivity contribution in [2.45, 2.75) is 13.8 Å². The monoisotopic (exact) mass is 514 g/mol.